The summed E-state index contributed by atoms with van der Waals surface area (Å²) in [5, 5.41) is 4.83. The van der Waals surface area contributed by atoms with Crippen LogP contribution in [-0.2, 0) is 6.54 Å². The van der Waals surface area contributed by atoms with Crippen molar-refractivity contribution in [3.8, 4) is 0 Å². The van der Waals surface area contributed by atoms with Gasteiger partial charge in [0.15, 0.2) is 0 Å². The Morgan fingerprint density at radius 1 is 1.50 bits per heavy atom. The number of nitrogens with zero attached hydrogens (tertiary/aromatic N) is 1. The summed E-state index contributed by atoms with van der Waals surface area (Å²) in [6.07, 6.45) is 9.70. The summed E-state index contributed by atoms with van der Waals surface area (Å²) in [5.74, 6) is 1.96. The van der Waals surface area contributed by atoms with Crippen LogP contribution in [0.3, 0.4) is 0 Å². The molecule has 0 aromatic carbocycles. The van der Waals surface area contributed by atoms with Gasteiger partial charge in [-0.15, -0.1) is 11.3 Å². The molecule has 1 aromatic heterocycles. The number of thioether (sulfide) groups is 1. The van der Waals surface area contributed by atoms with Gasteiger partial charge in [0, 0.05) is 35.8 Å². The Morgan fingerprint density at radius 3 is 3.06 bits per heavy atom. The molecule has 1 heterocycles. The highest BCUT2D eigenvalue weighted by Gasteiger charge is 2.19. The zero-order valence-electron chi connectivity index (χ0n) is 9.87. The van der Waals surface area contributed by atoms with Crippen molar-refractivity contribution in [3.05, 3.63) is 16.1 Å². The Kier molecular flexibility index (Phi) is 5.13. The molecule has 2 nitrogen and oxygen atoms in total. The highest BCUT2D eigenvalue weighted by atomic mass is 32.2. The van der Waals surface area contributed by atoms with Gasteiger partial charge in [0.2, 0.25) is 0 Å². The zero-order chi connectivity index (χ0) is 11.2. The van der Waals surface area contributed by atoms with Gasteiger partial charge in [0.25, 0.3) is 0 Å². The highest BCUT2D eigenvalue weighted by Crippen LogP contribution is 2.35. The maximum atomic E-state index is 4.57. The maximum absolute atomic E-state index is 4.57. The van der Waals surface area contributed by atoms with Gasteiger partial charge in [-0.2, -0.15) is 11.8 Å². The predicted molar refractivity (Wildman–Crippen MR) is 73.4 cm³/mol. The minimum absolute atomic E-state index is 0.768. The molecule has 0 atom stereocenters. The lowest BCUT2D eigenvalue weighted by atomic mass is 10.1. The minimum Gasteiger partial charge on any atom is -0.311 e. The van der Waals surface area contributed by atoms with Crippen LogP contribution in [0.15, 0.2) is 6.20 Å². The maximum Gasteiger partial charge on any atom is 0.0959 e. The van der Waals surface area contributed by atoms with Gasteiger partial charge >= 0.3 is 0 Å². The van der Waals surface area contributed by atoms with Crippen molar-refractivity contribution in [1.29, 1.82) is 0 Å². The molecule has 1 aliphatic rings. The summed E-state index contributed by atoms with van der Waals surface area (Å²) < 4.78 is 0. The van der Waals surface area contributed by atoms with E-state index in [1.165, 1.54) is 41.3 Å². The summed E-state index contributed by atoms with van der Waals surface area (Å²) in [7, 11) is 0. The fourth-order valence-corrected chi connectivity index (χ4v) is 3.56. The van der Waals surface area contributed by atoms with Crippen molar-refractivity contribution < 1.29 is 0 Å². The molecule has 0 bridgehead atoms. The predicted octanol–water partition coefficient (Wildman–Crippen LogP) is 3.25. The number of nitrogens with one attached hydrogen (secondary N) is 1. The van der Waals surface area contributed by atoms with E-state index in [0.717, 1.165) is 19.0 Å². The Balaban J connectivity index is 1.77. The molecule has 0 amide bonds. The smallest absolute Gasteiger partial charge is 0.0959 e. The summed E-state index contributed by atoms with van der Waals surface area (Å²) in [4.78, 5) is 5.96. The quantitative estimate of drug-likeness (QED) is 0.791. The third-order valence-corrected chi connectivity index (χ3v) is 4.83. The van der Waals surface area contributed by atoms with Crippen LogP contribution in [0.4, 0.5) is 0 Å². The Bertz CT molecular complexity index is 306. The molecule has 1 saturated carbocycles. The number of hydrogen-bond acceptors (Lipinski definition) is 4. The van der Waals surface area contributed by atoms with Crippen molar-refractivity contribution in [2.75, 3.05) is 18.6 Å². The standard InChI is InChI=1S/C12H20N2S2/c1-15-7-6-13-8-11-9-14-12(16-11)10-4-2-3-5-10/h9-10,13H,2-8H2,1H3. The SMILES string of the molecule is CSCCNCc1cnc(C2CCCC2)s1. The molecular formula is C12H20N2S2. The van der Waals surface area contributed by atoms with E-state index >= 15 is 0 Å². The second-order valence-corrected chi connectivity index (χ2v) is 6.45. The van der Waals surface area contributed by atoms with Crippen LogP contribution in [0, 0.1) is 0 Å². The lowest BCUT2D eigenvalue weighted by molar-refractivity contribution is 0.716. The van der Waals surface area contributed by atoms with Crippen LogP contribution in [0.5, 0.6) is 0 Å². The number of rotatable bonds is 6. The second-order valence-electron chi connectivity index (χ2n) is 4.32. The highest BCUT2D eigenvalue weighted by molar-refractivity contribution is 7.98. The van der Waals surface area contributed by atoms with E-state index in [1.54, 1.807) is 0 Å². The van der Waals surface area contributed by atoms with E-state index in [9.17, 15) is 0 Å². The number of hydrogen-bond donors (Lipinski definition) is 1. The number of aromatic nitrogens is 1. The lowest BCUT2D eigenvalue weighted by Crippen LogP contribution is -2.15. The Hall–Kier alpha value is -0.0600. The van der Waals surface area contributed by atoms with Crippen molar-refractivity contribution in [1.82, 2.24) is 10.3 Å². The molecule has 0 spiro atoms. The number of thiazole rings is 1. The van der Waals surface area contributed by atoms with Crippen molar-refractivity contribution >= 4 is 23.1 Å². The van der Waals surface area contributed by atoms with Crippen molar-refractivity contribution in [3.63, 3.8) is 0 Å². The monoisotopic (exact) mass is 256 g/mol. The van der Waals surface area contributed by atoms with Gasteiger partial charge in [0.05, 0.1) is 5.01 Å². The van der Waals surface area contributed by atoms with Gasteiger partial charge in [-0.25, -0.2) is 4.98 Å². The molecule has 1 N–H and O–H groups in total. The normalized spacial score (nSPS) is 17.1. The molecule has 0 radical (unpaired) electrons. The summed E-state index contributed by atoms with van der Waals surface area (Å²) in [6, 6.07) is 0. The van der Waals surface area contributed by atoms with Crippen LogP contribution in [0.2, 0.25) is 0 Å². The van der Waals surface area contributed by atoms with Crippen LogP contribution in [0.25, 0.3) is 0 Å². The van der Waals surface area contributed by atoms with Crippen LogP contribution < -0.4 is 5.32 Å². The summed E-state index contributed by atoms with van der Waals surface area (Å²) in [5.41, 5.74) is 0. The fraction of sp³-hybridized carbons (Fsp3) is 0.750. The molecular weight excluding hydrogens is 236 g/mol. The lowest BCUT2D eigenvalue weighted by Gasteiger charge is -2.03. The molecule has 1 aliphatic carbocycles. The van der Waals surface area contributed by atoms with Crippen LogP contribution >= 0.6 is 23.1 Å². The summed E-state index contributed by atoms with van der Waals surface area (Å²) in [6.45, 7) is 2.09. The third-order valence-electron chi connectivity index (χ3n) is 3.06. The largest absolute Gasteiger partial charge is 0.311 e. The zero-order valence-corrected chi connectivity index (χ0v) is 11.5. The van der Waals surface area contributed by atoms with Crippen LogP contribution in [0.1, 0.15) is 41.5 Å². The average Bonchev–Trinajstić information content (AvgIpc) is 2.94. The van der Waals surface area contributed by atoms with Crippen molar-refractivity contribution in [2.24, 2.45) is 0 Å². The van der Waals surface area contributed by atoms with E-state index in [1.807, 2.05) is 23.1 Å². The first kappa shape index (κ1) is 12.4. The average molecular weight is 256 g/mol. The Morgan fingerprint density at radius 2 is 2.31 bits per heavy atom. The van der Waals surface area contributed by atoms with Gasteiger partial charge < -0.3 is 5.32 Å². The summed E-state index contributed by atoms with van der Waals surface area (Å²) >= 11 is 3.80. The van der Waals surface area contributed by atoms with E-state index in [-0.39, 0.29) is 0 Å². The molecule has 2 rings (SSSR count). The molecule has 90 valence electrons. The van der Waals surface area contributed by atoms with Gasteiger partial charge in [-0.05, 0) is 19.1 Å². The molecule has 4 heteroatoms. The first-order valence-electron chi connectivity index (χ1n) is 6.04. The first-order valence-corrected chi connectivity index (χ1v) is 8.25. The molecule has 16 heavy (non-hydrogen) atoms. The second kappa shape index (κ2) is 6.62. The minimum atomic E-state index is 0.768. The van der Waals surface area contributed by atoms with E-state index in [2.05, 4.69) is 22.8 Å². The third kappa shape index (κ3) is 3.47. The molecule has 1 fully saturated rings. The topological polar surface area (TPSA) is 24.9 Å². The molecule has 0 unspecified atom stereocenters. The van der Waals surface area contributed by atoms with Crippen LogP contribution in [-0.4, -0.2) is 23.5 Å². The fourth-order valence-electron chi connectivity index (χ4n) is 2.15. The van der Waals surface area contributed by atoms with E-state index in [4.69, 9.17) is 0 Å². The van der Waals surface area contributed by atoms with Gasteiger partial charge in [0.1, 0.15) is 0 Å². The Labute approximate surface area is 106 Å². The van der Waals surface area contributed by atoms with E-state index < -0.39 is 0 Å². The van der Waals surface area contributed by atoms with Gasteiger partial charge in [-0.3, -0.25) is 0 Å². The first-order chi connectivity index (χ1) is 7.90. The van der Waals surface area contributed by atoms with Gasteiger partial charge in [-0.1, -0.05) is 12.8 Å². The molecule has 1 aromatic rings. The molecule has 0 aliphatic heterocycles. The van der Waals surface area contributed by atoms with E-state index in [0.29, 0.717) is 0 Å². The molecule has 0 saturated heterocycles. The van der Waals surface area contributed by atoms with Crippen molar-refractivity contribution in [2.45, 2.75) is 38.1 Å².